The summed E-state index contributed by atoms with van der Waals surface area (Å²) in [4.78, 5) is 22.2. The van der Waals surface area contributed by atoms with E-state index in [9.17, 15) is 9.59 Å². The van der Waals surface area contributed by atoms with Crippen LogP contribution in [0.5, 0.6) is 0 Å². The normalized spacial score (nSPS) is 10.9. The minimum absolute atomic E-state index is 0.0880. The van der Waals surface area contributed by atoms with E-state index in [0.717, 1.165) is 19.3 Å². The SMILES string of the molecule is CC.CCC[C@H](CC)C(=O)C(=O)NC. The standard InChI is InChI=1S/C9H17NO2.C2H6/c1-4-6-7(5-2)8(11)9(12)10-3;1-2/h7H,4-6H2,1-3H3,(H,10,12);1-2H3/t7-;/m0./s1. The maximum absolute atomic E-state index is 11.3. The first-order chi connectivity index (χ1) is 6.67. The van der Waals surface area contributed by atoms with E-state index in [2.05, 4.69) is 5.32 Å². The molecule has 0 rings (SSSR count). The summed E-state index contributed by atoms with van der Waals surface area (Å²) >= 11 is 0. The molecule has 0 saturated heterocycles. The lowest BCUT2D eigenvalue weighted by molar-refractivity contribution is -0.140. The first-order valence-corrected chi connectivity index (χ1v) is 5.43. The first kappa shape index (κ1) is 15.6. The third kappa shape index (κ3) is 5.73. The molecule has 1 amide bonds. The summed E-state index contributed by atoms with van der Waals surface area (Å²) in [6, 6.07) is 0. The van der Waals surface area contributed by atoms with Gasteiger partial charge in [-0.1, -0.05) is 34.1 Å². The van der Waals surface area contributed by atoms with Gasteiger partial charge in [-0.25, -0.2) is 0 Å². The van der Waals surface area contributed by atoms with Crippen LogP contribution in [-0.4, -0.2) is 18.7 Å². The van der Waals surface area contributed by atoms with Gasteiger partial charge in [0.15, 0.2) is 0 Å². The second kappa shape index (κ2) is 10.2. The molecular formula is C11H23NO2. The summed E-state index contributed by atoms with van der Waals surface area (Å²) in [5, 5.41) is 2.35. The molecule has 0 aliphatic heterocycles. The van der Waals surface area contributed by atoms with E-state index in [4.69, 9.17) is 0 Å². The molecule has 0 unspecified atom stereocenters. The van der Waals surface area contributed by atoms with Gasteiger partial charge in [0.25, 0.3) is 5.91 Å². The zero-order chi connectivity index (χ0) is 11.6. The third-order valence-corrected chi connectivity index (χ3v) is 1.95. The molecule has 0 aromatic carbocycles. The van der Waals surface area contributed by atoms with Crippen LogP contribution < -0.4 is 5.32 Å². The predicted octanol–water partition coefficient (Wildman–Crippen LogP) is 2.15. The number of likely N-dealkylation sites (N-methyl/N-ethyl adjacent to an activating group) is 1. The highest BCUT2D eigenvalue weighted by atomic mass is 16.2. The molecule has 0 radical (unpaired) electrons. The molecule has 0 saturated carbocycles. The predicted molar refractivity (Wildman–Crippen MR) is 59.1 cm³/mol. The summed E-state index contributed by atoms with van der Waals surface area (Å²) in [6.45, 7) is 7.95. The molecular weight excluding hydrogens is 178 g/mol. The Labute approximate surface area is 87.3 Å². The van der Waals surface area contributed by atoms with Gasteiger partial charge in [0.05, 0.1) is 0 Å². The summed E-state index contributed by atoms with van der Waals surface area (Å²) < 4.78 is 0. The Morgan fingerprint density at radius 1 is 1.21 bits per heavy atom. The van der Waals surface area contributed by atoms with Gasteiger partial charge in [-0.3, -0.25) is 9.59 Å². The molecule has 3 heteroatoms. The molecule has 3 nitrogen and oxygen atoms in total. The average molecular weight is 201 g/mol. The summed E-state index contributed by atoms with van der Waals surface area (Å²) in [6.07, 6.45) is 2.50. The zero-order valence-corrected chi connectivity index (χ0v) is 10.0. The second-order valence-electron chi connectivity index (χ2n) is 2.84. The van der Waals surface area contributed by atoms with Crippen LogP contribution in [0.4, 0.5) is 0 Å². The van der Waals surface area contributed by atoms with E-state index in [0.29, 0.717) is 0 Å². The van der Waals surface area contributed by atoms with Gasteiger partial charge in [-0.15, -0.1) is 0 Å². The number of ketones is 1. The highest BCUT2D eigenvalue weighted by Crippen LogP contribution is 2.11. The van der Waals surface area contributed by atoms with Crippen LogP contribution in [0.15, 0.2) is 0 Å². The highest BCUT2D eigenvalue weighted by Gasteiger charge is 2.21. The van der Waals surface area contributed by atoms with Gasteiger partial charge in [0, 0.05) is 13.0 Å². The van der Waals surface area contributed by atoms with Crippen molar-refractivity contribution >= 4 is 11.7 Å². The largest absolute Gasteiger partial charge is 0.353 e. The van der Waals surface area contributed by atoms with Crippen LogP contribution in [-0.2, 0) is 9.59 Å². The average Bonchev–Trinajstić information content (AvgIpc) is 2.26. The molecule has 0 aromatic heterocycles. The molecule has 84 valence electrons. The Morgan fingerprint density at radius 2 is 1.71 bits per heavy atom. The lowest BCUT2D eigenvalue weighted by atomic mass is 9.95. The van der Waals surface area contributed by atoms with Crippen LogP contribution in [0.3, 0.4) is 0 Å². The van der Waals surface area contributed by atoms with E-state index in [1.165, 1.54) is 7.05 Å². The van der Waals surface area contributed by atoms with Crippen molar-refractivity contribution in [2.24, 2.45) is 5.92 Å². The van der Waals surface area contributed by atoms with Gasteiger partial charge in [0.2, 0.25) is 5.78 Å². The molecule has 0 aliphatic rings. The molecule has 0 spiro atoms. The molecule has 0 fully saturated rings. The fourth-order valence-corrected chi connectivity index (χ4v) is 1.18. The maximum atomic E-state index is 11.3. The highest BCUT2D eigenvalue weighted by molar-refractivity contribution is 6.36. The van der Waals surface area contributed by atoms with Crippen LogP contribution in [0.1, 0.15) is 47.0 Å². The fourth-order valence-electron chi connectivity index (χ4n) is 1.18. The van der Waals surface area contributed by atoms with Gasteiger partial charge in [0.1, 0.15) is 0 Å². The Bertz CT molecular complexity index is 167. The van der Waals surface area contributed by atoms with E-state index < -0.39 is 5.91 Å². The Hall–Kier alpha value is -0.860. The maximum Gasteiger partial charge on any atom is 0.287 e. The van der Waals surface area contributed by atoms with Crippen molar-refractivity contribution in [1.82, 2.24) is 5.32 Å². The van der Waals surface area contributed by atoms with Crippen molar-refractivity contribution in [3.05, 3.63) is 0 Å². The molecule has 0 bridgehead atoms. The molecule has 14 heavy (non-hydrogen) atoms. The topological polar surface area (TPSA) is 46.2 Å². The quantitative estimate of drug-likeness (QED) is 0.693. The van der Waals surface area contributed by atoms with Gasteiger partial charge < -0.3 is 5.32 Å². The van der Waals surface area contributed by atoms with Crippen LogP contribution >= 0.6 is 0 Å². The molecule has 0 aromatic rings. The smallest absolute Gasteiger partial charge is 0.287 e. The van der Waals surface area contributed by atoms with Crippen molar-refractivity contribution in [3.8, 4) is 0 Å². The van der Waals surface area contributed by atoms with E-state index in [1.807, 2.05) is 27.7 Å². The number of nitrogens with one attached hydrogen (secondary N) is 1. The number of hydrogen-bond acceptors (Lipinski definition) is 2. The van der Waals surface area contributed by atoms with Crippen molar-refractivity contribution in [2.45, 2.75) is 47.0 Å². The first-order valence-electron chi connectivity index (χ1n) is 5.43. The number of amides is 1. The third-order valence-electron chi connectivity index (χ3n) is 1.95. The fraction of sp³-hybridized carbons (Fsp3) is 0.818. The van der Waals surface area contributed by atoms with E-state index in [-0.39, 0.29) is 11.7 Å². The van der Waals surface area contributed by atoms with Crippen LogP contribution in [0.25, 0.3) is 0 Å². The Balaban J connectivity index is 0. The monoisotopic (exact) mass is 201 g/mol. The van der Waals surface area contributed by atoms with Crippen LogP contribution in [0, 0.1) is 5.92 Å². The number of hydrogen-bond donors (Lipinski definition) is 1. The zero-order valence-electron chi connectivity index (χ0n) is 10.0. The van der Waals surface area contributed by atoms with Crippen molar-refractivity contribution < 1.29 is 9.59 Å². The second-order valence-corrected chi connectivity index (χ2v) is 2.84. The summed E-state index contributed by atoms with van der Waals surface area (Å²) in [7, 11) is 1.49. The number of carbonyl (C=O) groups excluding carboxylic acids is 2. The minimum Gasteiger partial charge on any atom is -0.353 e. The minimum atomic E-state index is -0.463. The summed E-state index contributed by atoms with van der Waals surface area (Å²) in [5.74, 6) is -0.827. The van der Waals surface area contributed by atoms with E-state index >= 15 is 0 Å². The lowest BCUT2D eigenvalue weighted by Gasteiger charge is -2.10. The van der Waals surface area contributed by atoms with Gasteiger partial charge >= 0.3 is 0 Å². The van der Waals surface area contributed by atoms with E-state index in [1.54, 1.807) is 0 Å². The molecule has 1 atom stereocenters. The molecule has 1 N–H and O–H groups in total. The van der Waals surface area contributed by atoms with Crippen molar-refractivity contribution in [2.75, 3.05) is 7.05 Å². The van der Waals surface area contributed by atoms with Crippen molar-refractivity contribution in [3.63, 3.8) is 0 Å². The Morgan fingerprint density at radius 3 is 2.00 bits per heavy atom. The number of rotatable bonds is 5. The van der Waals surface area contributed by atoms with Crippen LogP contribution in [0.2, 0.25) is 0 Å². The lowest BCUT2D eigenvalue weighted by Crippen LogP contribution is -2.32. The molecule has 0 heterocycles. The Kier molecular flexibility index (Phi) is 11.4. The number of Topliss-reactive ketones (excluding diaryl/α,β-unsaturated/α-hetero) is 1. The van der Waals surface area contributed by atoms with Gasteiger partial charge in [-0.2, -0.15) is 0 Å². The molecule has 0 aliphatic carbocycles. The number of carbonyl (C=O) groups is 2. The summed E-state index contributed by atoms with van der Waals surface area (Å²) in [5.41, 5.74) is 0. The van der Waals surface area contributed by atoms with Crippen molar-refractivity contribution in [1.29, 1.82) is 0 Å². The van der Waals surface area contributed by atoms with Gasteiger partial charge in [-0.05, 0) is 12.8 Å².